The Bertz CT molecular complexity index is 738. The number of alkyl halides is 2. The number of aryl methyl sites for hydroxylation is 1. The van der Waals surface area contributed by atoms with E-state index in [1.807, 2.05) is 19.1 Å². The smallest absolute Gasteiger partial charge is 0.387 e. The average Bonchev–Trinajstić information content (AvgIpc) is 2.79. The van der Waals surface area contributed by atoms with Gasteiger partial charge >= 0.3 is 6.61 Å². The van der Waals surface area contributed by atoms with Gasteiger partial charge in [0.15, 0.2) is 5.65 Å². The number of halogens is 2. The molecule has 3 aromatic rings. The van der Waals surface area contributed by atoms with Crippen LogP contribution in [0.4, 0.5) is 8.78 Å². The van der Waals surface area contributed by atoms with Gasteiger partial charge in [-0.25, -0.2) is 9.50 Å². The maximum absolute atomic E-state index is 12.1. The van der Waals surface area contributed by atoms with Crippen molar-refractivity contribution >= 4 is 5.65 Å². The Morgan fingerprint density at radius 1 is 1.15 bits per heavy atom. The lowest BCUT2D eigenvalue weighted by Crippen LogP contribution is -2.01. The second-order valence-corrected chi connectivity index (χ2v) is 4.29. The van der Waals surface area contributed by atoms with Crippen molar-refractivity contribution in [3.8, 4) is 17.0 Å². The van der Waals surface area contributed by atoms with Crippen LogP contribution in [0.3, 0.4) is 0 Å². The molecule has 0 aliphatic heterocycles. The molecule has 0 N–H and O–H groups in total. The first kappa shape index (κ1) is 12.5. The first-order valence-electron chi connectivity index (χ1n) is 6.00. The Hall–Kier alpha value is -2.50. The van der Waals surface area contributed by atoms with Crippen molar-refractivity contribution in [2.45, 2.75) is 13.5 Å². The van der Waals surface area contributed by atoms with Crippen LogP contribution in [0.25, 0.3) is 16.9 Å². The second-order valence-electron chi connectivity index (χ2n) is 4.29. The molecule has 0 bridgehead atoms. The molecular formula is C14H11F2N3O. The summed E-state index contributed by atoms with van der Waals surface area (Å²) in [7, 11) is 0. The molecule has 6 heteroatoms. The molecule has 0 amide bonds. The minimum atomic E-state index is -2.82. The third-order valence-electron chi connectivity index (χ3n) is 2.86. The number of fused-ring (bicyclic) bond motifs is 1. The lowest BCUT2D eigenvalue weighted by molar-refractivity contribution is -0.0498. The van der Waals surface area contributed by atoms with Crippen molar-refractivity contribution in [1.29, 1.82) is 0 Å². The molecule has 0 radical (unpaired) electrons. The zero-order valence-electron chi connectivity index (χ0n) is 10.6. The van der Waals surface area contributed by atoms with E-state index in [1.54, 1.807) is 22.8 Å². The van der Waals surface area contributed by atoms with Crippen molar-refractivity contribution in [2.24, 2.45) is 0 Å². The van der Waals surface area contributed by atoms with Crippen LogP contribution in [-0.2, 0) is 0 Å². The van der Waals surface area contributed by atoms with Crippen LogP contribution in [-0.4, -0.2) is 21.2 Å². The summed E-state index contributed by atoms with van der Waals surface area (Å²) in [6, 6.07) is 10.1. The number of hydrogen-bond acceptors (Lipinski definition) is 3. The lowest BCUT2D eigenvalue weighted by atomic mass is 10.1. The fourth-order valence-corrected chi connectivity index (χ4v) is 2.04. The largest absolute Gasteiger partial charge is 0.435 e. The average molecular weight is 275 g/mol. The Kier molecular flexibility index (Phi) is 3.06. The first-order chi connectivity index (χ1) is 9.63. The van der Waals surface area contributed by atoms with Gasteiger partial charge in [-0.1, -0.05) is 0 Å². The monoisotopic (exact) mass is 275 g/mol. The maximum Gasteiger partial charge on any atom is 0.387 e. The van der Waals surface area contributed by atoms with Crippen molar-refractivity contribution in [2.75, 3.05) is 0 Å². The van der Waals surface area contributed by atoms with Crippen LogP contribution in [0.2, 0.25) is 0 Å². The summed E-state index contributed by atoms with van der Waals surface area (Å²) >= 11 is 0. The Balaban J connectivity index is 2.02. The highest BCUT2D eigenvalue weighted by Crippen LogP contribution is 2.23. The summed E-state index contributed by atoms with van der Waals surface area (Å²) in [5.41, 5.74) is 3.30. The van der Waals surface area contributed by atoms with Crippen LogP contribution in [0.1, 0.15) is 5.69 Å². The van der Waals surface area contributed by atoms with E-state index in [0.29, 0.717) is 0 Å². The number of aromatic nitrogens is 3. The lowest BCUT2D eigenvalue weighted by Gasteiger charge is -2.07. The summed E-state index contributed by atoms with van der Waals surface area (Å²) in [5, 5.41) is 4.36. The Labute approximate surface area is 113 Å². The van der Waals surface area contributed by atoms with Gasteiger partial charge in [-0.05, 0) is 37.3 Å². The van der Waals surface area contributed by atoms with Gasteiger partial charge in [-0.2, -0.15) is 13.9 Å². The van der Waals surface area contributed by atoms with Crippen molar-refractivity contribution < 1.29 is 13.5 Å². The van der Waals surface area contributed by atoms with Gasteiger partial charge in [0.2, 0.25) is 0 Å². The van der Waals surface area contributed by atoms with Gasteiger partial charge in [0.25, 0.3) is 0 Å². The molecule has 20 heavy (non-hydrogen) atoms. The highest BCUT2D eigenvalue weighted by molar-refractivity contribution is 5.63. The highest BCUT2D eigenvalue weighted by atomic mass is 19.3. The van der Waals surface area contributed by atoms with E-state index >= 15 is 0 Å². The highest BCUT2D eigenvalue weighted by Gasteiger charge is 2.08. The normalized spacial score (nSPS) is 11.2. The van der Waals surface area contributed by atoms with E-state index in [-0.39, 0.29) is 5.75 Å². The van der Waals surface area contributed by atoms with E-state index in [0.717, 1.165) is 22.6 Å². The molecule has 0 saturated heterocycles. The summed E-state index contributed by atoms with van der Waals surface area (Å²) in [6.45, 7) is -0.930. The molecule has 2 heterocycles. The van der Waals surface area contributed by atoms with E-state index in [2.05, 4.69) is 14.8 Å². The van der Waals surface area contributed by atoms with E-state index in [9.17, 15) is 8.78 Å². The molecule has 0 saturated carbocycles. The van der Waals surface area contributed by atoms with Gasteiger partial charge in [-0.15, -0.1) is 0 Å². The van der Waals surface area contributed by atoms with Crippen LogP contribution in [0, 0.1) is 6.92 Å². The van der Waals surface area contributed by atoms with E-state index in [1.165, 1.54) is 12.1 Å². The summed E-state index contributed by atoms with van der Waals surface area (Å²) in [6.07, 6.45) is 1.69. The topological polar surface area (TPSA) is 39.4 Å². The fourth-order valence-electron chi connectivity index (χ4n) is 2.04. The van der Waals surface area contributed by atoms with E-state index in [4.69, 9.17) is 0 Å². The van der Waals surface area contributed by atoms with Crippen LogP contribution in [0.5, 0.6) is 5.75 Å². The zero-order chi connectivity index (χ0) is 14.1. The number of benzene rings is 1. The van der Waals surface area contributed by atoms with Crippen molar-refractivity contribution in [3.63, 3.8) is 0 Å². The molecule has 0 spiro atoms. The molecule has 0 atom stereocenters. The Morgan fingerprint density at radius 2 is 1.90 bits per heavy atom. The number of rotatable bonds is 3. The molecule has 1 aromatic carbocycles. The van der Waals surface area contributed by atoms with Gasteiger partial charge < -0.3 is 4.74 Å². The molecule has 0 aliphatic carbocycles. The summed E-state index contributed by atoms with van der Waals surface area (Å²) < 4.78 is 30.3. The third-order valence-corrected chi connectivity index (χ3v) is 2.86. The molecular weight excluding hydrogens is 264 g/mol. The molecule has 4 nitrogen and oxygen atoms in total. The second kappa shape index (κ2) is 4.88. The number of nitrogens with zero attached hydrogens (tertiary/aromatic N) is 3. The standard InChI is InChI=1S/C14H11F2N3O/c1-9-8-13-17-7-6-12(19(13)18-9)10-2-4-11(5-3-10)20-14(15)16/h2-8,14H,1H3. The van der Waals surface area contributed by atoms with Crippen molar-refractivity contribution in [1.82, 2.24) is 14.6 Å². The molecule has 3 rings (SSSR count). The summed E-state index contributed by atoms with van der Waals surface area (Å²) in [5.74, 6) is 0.130. The summed E-state index contributed by atoms with van der Waals surface area (Å²) in [4.78, 5) is 4.22. The minimum absolute atomic E-state index is 0.130. The molecule has 0 fully saturated rings. The maximum atomic E-state index is 12.1. The Morgan fingerprint density at radius 3 is 2.60 bits per heavy atom. The van der Waals surface area contributed by atoms with Crippen molar-refractivity contribution in [3.05, 3.63) is 48.3 Å². The third kappa shape index (κ3) is 2.32. The van der Waals surface area contributed by atoms with Gasteiger partial charge in [0, 0.05) is 17.8 Å². The fraction of sp³-hybridized carbons (Fsp3) is 0.143. The van der Waals surface area contributed by atoms with Gasteiger partial charge in [0.05, 0.1) is 11.4 Å². The molecule has 0 aliphatic rings. The molecule has 0 unspecified atom stereocenters. The predicted octanol–water partition coefficient (Wildman–Crippen LogP) is 3.31. The zero-order valence-corrected chi connectivity index (χ0v) is 10.6. The van der Waals surface area contributed by atoms with Crippen LogP contribution >= 0.6 is 0 Å². The first-order valence-corrected chi connectivity index (χ1v) is 6.00. The van der Waals surface area contributed by atoms with Crippen LogP contribution in [0.15, 0.2) is 42.6 Å². The SMILES string of the molecule is Cc1cc2nccc(-c3ccc(OC(F)F)cc3)n2n1. The van der Waals surface area contributed by atoms with Gasteiger partial charge in [0.1, 0.15) is 5.75 Å². The number of ether oxygens (including phenoxy) is 1. The van der Waals surface area contributed by atoms with Crippen LogP contribution < -0.4 is 4.74 Å². The predicted molar refractivity (Wildman–Crippen MR) is 69.8 cm³/mol. The molecule has 2 aromatic heterocycles. The van der Waals surface area contributed by atoms with Gasteiger partial charge in [-0.3, -0.25) is 0 Å². The number of hydrogen-bond donors (Lipinski definition) is 0. The quantitative estimate of drug-likeness (QED) is 0.736. The molecule has 102 valence electrons. The minimum Gasteiger partial charge on any atom is -0.435 e. The van der Waals surface area contributed by atoms with E-state index < -0.39 is 6.61 Å².